The summed E-state index contributed by atoms with van der Waals surface area (Å²) in [6.07, 6.45) is -3.37. The Morgan fingerprint density at radius 2 is 1.88 bits per heavy atom. The van der Waals surface area contributed by atoms with E-state index in [2.05, 4.69) is 15.5 Å². The minimum absolute atomic E-state index is 0.0435. The van der Waals surface area contributed by atoms with Gasteiger partial charge in [-0.05, 0) is 36.4 Å². The molecule has 2 aromatic carbocycles. The summed E-state index contributed by atoms with van der Waals surface area (Å²) in [6.45, 7) is -1.20. The molecule has 3 N–H and O–H groups in total. The molecule has 0 bridgehead atoms. The highest BCUT2D eigenvalue weighted by Crippen LogP contribution is 2.33. The minimum atomic E-state index is -4.47. The Bertz CT molecular complexity index is 1390. The zero-order valence-electron chi connectivity index (χ0n) is 16.7. The van der Waals surface area contributed by atoms with Gasteiger partial charge < -0.3 is 20.0 Å². The molecule has 0 fully saturated rings. The summed E-state index contributed by atoms with van der Waals surface area (Å²) in [5.74, 6) is 0.0214. The lowest BCUT2D eigenvalue weighted by molar-refractivity contribution is -0.139. The van der Waals surface area contributed by atoms with E-state index < -0.39 is 22.6 Å². The number of hydrogen-bond acceptors (Lipinski definition) is 7. The second-order valence-electron chi connectivity index (χ2n) is 7.17. The first-order valence-corrected chi connectivity index (χ1v) is 11.2. The Kier molecular flexibility index (Phi) is 5.33. The number of benzene rings is 2. The van der Waals surface area contributed by atoms with Gasteiger partial charge in [-0.3, -0.25) is 0 Å². The molecule has 0 aliphatic heterocycles. The smallest absolute Gasteiger partial charge is 0.406 e. The molecule has 0 radical (unpaired) electrons. The first kappa shape index (κ1) is 21.7. The molecule has 2 aromatic heterocycles. The van der Waals surface area contributed by atoms with Crippen LogP contribution >= 0.6 is 0 Å². The van der Waals surface area contributed by atoms with Crippen LogP contribution in [0, 0.1) is 0 Å². The maximum atomic E-state index is 13.2. The quantitative estimate of drug-likeness (QED) is 0.416. The van der Waals surface area contributed by atoms with E-state index in [0.717, 1.165) is 10.8 Å². The molecule has 8 nitrogen and oxygen atoms in total. The van der Waals surface area contributed by atoms with Crippen LogP contribution in [0.5, 0.6) is 0 Å². The standard InChI is InChI=1S/C20H18F3N5O3S/c1-32(29,30)13-5-2-4-12(8-13)25-10-18-26-27-19(31-18)17-9-14-15(24)6-3-7-16(14)28(17)11-20(21,22)23/h2-9,25H,10-11,24H2,1H3. The van der Waals surface area contributed by atoms with Gasteiger partial charge in [-0.25, -0.2) is 8.42 Å². The van der Waals surface area contributed by atoms with E-state index in [1.807, 2.05) is 0 Å². The van der Waals surface area contributed by atoms with Crippen molar-refractivity contribution >= 4 is 32.1 Å². The highest BCUT2D eigenvalue weighted by atomic mass is 32.2. The first-order valence-electron chi connectivity index (χ1n) is 9.32. The largest absolute Gasteiger partial charge is 0.417 e. The normalized spacial score (nSPS) is 12.4. The average molecular weight is 465 g/mol. The third-order valence-electron chi connectivity index (χ3n) is 4.71. The highest BCUT2D eigenvalue weighted by molar-refractivity contribution is 7.90. The van der Waals surface area contributed by atoms with Crippen LogP contribution in [-0.4, -0.2) is 35.6 Å². The number of hydrogen-bond donors (Lipinski definition) is 2. The van der Waals surface area contributed by atoms with Crippen LogP contribution in [0.4, 0.5) is 24.5 Å². The number of nitrogens with zero attached hydrogens (tertiary/aromatic N) is 3. The average Bonchev–Trinajstić information content (AvgIpc) is 3.31. The summed E-state index contributed by atoms with van der Waals surface area (Å²) in [4.78, 5) is 0.142. The lowest BCUT2D eigenvalue weighted by Crippen LogP contribution is -2.18. The maximum Gasteiger partial charge on any atom is 0.406 e. The number of nitrogens with two attached hydrogens (primary N) is 1. The molecule has 0 aliphatic rings. The molecule has 4 aromatic rings. The van der Waals surface area contributed by atoms with Gasteiger partial charge in [0, 0.05) is 23.0 Å². The molecule has 0 saturated heterocycles. The van der Waals surface area contributed by atoms with Crippen molar-refractivity contribution in [2.24, 2.45) is 0 Å². The van der Waals surface area contributed by atoms with Gasteiger partial charge >= 0.3 is 6.18 Å². The summed E-state index contributed by atoms with van der Waals surface area (Å²) in [5, 5.41) is 11.2. The SMILES string of the molecule is CS(=O)(=O)c1cccc(NCc2nnc(-c3cc4c(N)cccc4n3CC(F)(F)F)o2)c1. The van der Waals surface area contributed by atoms with E-state index in [1.54, 1.807) is 24.3 Å². The van der Waals surface area contributed by atoms with E-state index >= 15 is 0 Å². The number of anilines is 2. The van der Waals surface area contributed by atoms with Gasteiger partial charge in [0.1, 0.15) is 12.2 Å². The van der Waals surface area contributed by atoms with Gasteiger partial charge in [0.15, 0.2) is 9.84 Å². The van der Waals surface area contributed by atoms with Crippen molar-refractivity contribution in [3.05, 3.63) is 54.4 Å². The molecule has 12 heteroatoms. The summed E-state index contributed by atoms with van der Waals surface area (Å²) < 4.78 is 69.6. The van der Waals surface area contributed by atoms with Crippen LogP contribution in [0.15, 0.2) is 57.8 Å². The van der Waals surface area contributed by atoms with Crippen LogP contribution in [0.25, 0.3) is 22.5 Å². The van der Waals surface area contributed by atoms with E-state index in [4.69, 9.17) is 10.2 Å². The lowest BCUT2D eigenvalue weighted by Gasteiger charge is -2.11. The van der Waals surface area contributed by atoms with Crippen LogP contribution in [0.2, 0.25) is 0 Å². The van der Waals surface area contributed by atoms with E-state index in [-0.39, 0.29) is 28.9 Å². The Morgan fingerprint density at radius 3 is 2.59 bits per heavy atom. The fourth-order valence-corrected chi connectivity index (χ4v) is 3.94. The van der Waals surface area contributed by atoms with Crippen molar-refractivity contribution in [1.82, 2.24) is 14.8 Å². The number of rotatable bonds is 6. The summed E-state index contributed by atoms with van der Waals surface area (Å²) in [5.41, 5.74) is 7.15. The number of halogens is 3. The van der Waals surface area contributed by atoms with E-state index in [1.165, 1.54) is 24.3 Å². The molecular weight excluding hydrogens is 447 g/mol. The van der Waals surface area contributed by atoms with Crippen molar-refractivity contribution in [2.75, 3.05) is 17.3 Å². The predicted octanol–water partition coefficient (Wildman–Crippen LogP) is 3.85. The van der Waals surface area contributed by atoms with Gasteiger partial charge in [0.05, 0.1) is 17.0 Å². The van der Waals surface area contributed by atoms with Crippen molar-refractivity contribution in [3.8, 4) is 11.6 Å². The minimum Gasteiger partial charge on any atom is -0.417 e. The Hall–Kier alpha value is -3.54. The molecule has 0 aliphatic carbocycles. The second-order valence-corrected chi connectivity index (χ2v) is 9.18. The Labute approximate surface area is 180 Å². The Morgan fingerprint density at radius 1 is 1.12 bits per heavy atom. The number of nitrogens with one attached hydrogen (secondary N) is 1. The highest BCUT2D eigenvalue weighted by Gasteiger charge is 2.31. The van der Waals surface area contributed by atoms with Gasteiger partial charge in [-0.2, -0.15) is 13.2 Å². The molecule has 0 unspecified atom stereocenters. The van der Waals surface area contributed by atoms with Crippen molar-refractivity contribution in [2.45, 2.75) is 24.2 Å². The first-order chi connectivity index (χ1) is 15.0. The fourth-order valence-electron chi connectivity index (χ4n) is 3.28. The van der Waals surface area contributed by atoms with Crippen molar-refractivity contribution in [1.29, 1.82) is 0 Å². The molecule has 32 heavy (non-hydrogen) atoms. The van der Waals surface area contributed by atoms with Crippen molar-refractivity contribution in [3.63, 3.8) is 0 Å². The zero-order chi connectivity index (χ0) is 23.1. The summed E-state index contributed by atoms with van der Waals surface area (Å²) in [6, 6.07) is 12.4. The fraction of sp³-hybridized carbons (Fsp3) is 0.200. The molecule has 0 amide bonds. The third-order valence-corrected chi connectivity index (χ3v) is 5.82. The van der Waals surface area contributed by atoms with Gasteiger partial charge in [-0.1, -0.05) is 12.1 Å². The summed E-state index contributed by atoms with van der Waals surface area (Å²) >= 11 is 0. The van der Waals surface area contributed by atoms with E-state index in [0.29, 0.717) is 22.3 Å². The van der Waals surface area contributed by atoms with Crippen molar-refractivity contribution < 1.29 is 26.0 Å². The van der Waals surface area contributed by atoms with Gasteiger partial charge in [0.2, 0.25) is 5.89 Å². The monoisotopic (exact) mass is 465 g/mol. The predicted molar refractivity (Wildman–Crippen MR) is 113 cm³/mol. The van der Waals surface area contributed by atoms with E-state index in [9.17, 15) is 21.6 Å². The molecule has 0 spiro atoms. The van der Waals surface area contributed by atoms with Crippen LogP contribution in [0.3, 0.4) is 0 Å². The third kappa shape index (κ3) is 4.54. The van der Waals surface area contributed by atoms with Crippen LogP contribution < -0.4 is 11.1 Å². The van der Waals surface area contributed by atoms with Gasteiger partial charge in [-0.15, -0.1) is 10.2 Å². The zero-order valence-corrected chi connectivity index (χ0v) is 17.5. The lowest BCUT2D eigenvalue weighted by atomic mass is 10.2. The van der Waals surface area contributed by atoms with Gasteiger partial charge in [0.25, 0.3) is 5.89 Å². The number of sulfone groups is 1. The van der Waals surface area contributed by atoms with Crippen LogP contribution in [-0.2, 0) is 22.9 Å². The van der Waals surface area contributed by atoms with Crippen LogP contribution in [0.1, 0.15) is 5.89 Å². The number of fused-ring (bicyclic) bond motifs is 1. The topological polar surface area (TPSA) is 116 Å². The molecule has 4 rings (SSSR count). The number of alkyl halides is 3. The molecule has 0 atom stereocenters. The second kappa shape index (κ2) is 7.86. The molecule has 0 saturated carbocycles. The number of aromatic nitrogens is 3. The molecular formula is C20H18F3N5O3S. The maximum absolute atomic E-state index is 13.2. The number of nitrogen functional groups attached to an aromatic ring is 1. The molecule has 168 valence electrons. The summed E-state index contributed by atoms with van der Waals surface area (Å²) in [7, 11) is -3.37. The molecule has 2 heterocycles. The Balaban J connectivity index is 1.63.